The predicted molar refractivity (Wildman–Crippen MR) is 80.4 cm³/mol. The second-order valence-corrected chi connectivity index (χ2v) is 5.46. The number of rotatable bonds is 1. The number of hydrogen-bond acceptors (Lipinski definition) is 3. The largest absolute Gasteiger partial charge is 0.440 e. The van der Waals surface area contributed by atoms with E-state index in [9.17, 15) is 0 Å². The maximum absolute atomic E-state index is 6.00. The molecule has 100 valence electrons. The van der Waals surface area contributed by atoms with Gasteiger partial charge in [0.25, 0.3) is 0 Å². The van der Waals surface area contributed by atoms with Crippen LogP contribution in [-0.4, -0.2) is 11.5 Å². The van der Waals surface area contributed by atoms with Crippen LogP contribution in [0.2, 0.25) is 5.02 Å². The molecule has 0 bridgehead atoms. The highest BCUT2D eigenvalue weighted by Gasteiger charge is 2.25. The van der Waals surface area contributed by atoms with E-state index in [4.69, 9.17) is 16.0 Å². The number of anilines is 1. The van der Waals surface area contributed by atoms with Gasteiger partial charge in [-0.1, -0.05) is 29.8 Å². The number of oxazole rings is 1. The van der Waals surface area contributed by atoms with Crippen LogP contribution in [-0.2, 0) is 0 Å². The van der Waals surface area contributed by atoms with Crippen molar-refractivity contribution in [2.45, 2.75) is 12.3 Å². The molecule has 20 heavy (non-hydrogen) atoms. The summed E-state index contributed by atoms with van der Waals surface area (Å²) in [6, 6.07) is 13.9. The quantitative estimate of drug-likeness (QED) is 0.718. The van der Waals surface area contributed by atoms with Crippen LogP contribution in [0.25, 0.3) is 11.1 Å². The van der Waals surface area contributed by atoms with Crippen molar-refractivity contribution >= 4 is 28.4 Å². The molecule has 1 aromatic heterocycles. The minimum absolute atomic E-state index is 0.207. The van der Waals surface area contributed by atoms with Crippen LogP contribution < -0.4 is 5.32 Å². The molecule has 4 rings (SSSR count). The zero-order chi connectivity index (χ0) is 13.5. The zero-order valence-corrected chi connectivity index (χ0v) is 11.5. The molecule has 0 aliphatic carbocycles. The van der Waals surface area contributed by atoms with Crippen LogP contribution in [0.4, 0.5) is 5.69 Å². The summed E-state index contributed by atoms with van der Waals surface area (Å²) in [4.78, 5) is 4.62. The van der Waals surface area contributed by atoms with Gasteiger partial charge in [-0.15, -0.1) is 0 Å². The van der Waals surface area contributed by atoms with Crippen molar-refractivity contribution in [3.8, 4) is 0 Å². The third-order valence-corrected chi connectivity index (χ3v) is 3.98. The summed E-state index contributed by atoms with van der Waals surface area (Å²) in [7, 11) is 0. The Labute approximate surface area is 121 Å². The molecule has 0 fully saturated rings. The zero-order valence-electron chi connectivity index (χ0n) is 10.8. The molecule has 0 spiro atoms. The Morgan fingerprint density at radius 1 is 1.20 bits per heavy atom. The lowest BCUT2D eigenvalue weighted by atomic mass is 9.91. The van der Waals surface area contributed by atoms with Gasteiger partial charge in [0.2, 0.25) is 5.89 Å². The highest BCUT2D eigenvalue weighted by atomic mass is 35.5. The van der Waals surface area contributed by atoms with Crippen LogP contribution in [0.5, 0.6) is 0 Å². The van der Waals surface area contributed by atoms with Gasteiger partial charge < -0.3 is 9.73 Å². The van der Waals surface area contributed by atoms with E-state index >= 15 is 0 Å². The van der Waals surface area contributed by atoms with Gasteiger partial charge in [0.1, 0.15) is 5.52 Å². The molecule has 2 heterocycles. The first-order valence-electron chi connectivity index (χ1n) is 6.70. The molecule has 0 amide bonds. The Balaban J connectivity index is 1.84. The molecule has 1 N–H and O–H groups in total. The van der Waals surface area contributed by atoms with Crippen LogP contribution in [0, 0.1) is 0 Å². The van der Waals surface area contributed by atoms with Gasteiger partial charge in [-0.2, -0.15) is 0 Å². The number of benzene rings is 2. The number of hydrogen-bond donors (Lipinski definition) is 1. The fourth-order valence-corrected chi connectivity index (χ4v) is 2.96. The first kappa shape index (κ1) is 11.8. The fourth-order valence-electron chi connectivity index (χ4n) is 2.79. The van der Waals surface area contributed by atoms with Crippen LogP contribution in [0.3, 0.4) is 0 Å². The average molecular weight is 285 g/mol. The maximum atomic E-state index is 6.00. The van der Waals surface area contributed by atoms with Crippen molar-refractivity contribution in [3.05, 3.63) is 58.9 Å². The number of para-hydroxylation sites is 1. The molecule has 2 aromatic carbocycles. The van der Waals surface area contributed by atoms with Crippen molar-refractivity contribution in [2.75, 3.05) is 11.9 Å². The molecule has 4 heteroatoms. The predicted octanol–water partition coefficient (Wildman–Crippen LogP) is 4.43. The Morgan fingerprint density at radius 3 is 3.05 bits per heavy atom. The lowest BCUT2D eigenvalue weighted by Gasteiger charge is -2.24. The first-order chi connectivity index (χ1) is 9.81. The third kappa shape index (κ3) is 1.86. The number of nitrogens with one attached hydrogen (secondary N) is 1. The second kappa shape index (κ2) is 4.53. The summed E-state index contributed by atoms with van der Waals surface area (Å²) in [5, 5.41) is 4.10. The summed E-state index contributed by atoms with van der Waals surface area (Å²) in [6.07, 6.45) is 0.984. The lowest BCUT2D eigenvalue weighted by molar-refractivity contribution is 0.485. The smallest absolute Gasteiger partial charge is 0.203 e. The van der Waals surface area contributed by atoms with E-state index < -0.39 is 0 Å². The number of nitrogens with zero attached hydrogens (tertiary/aromatic N) is 1. The maximum Gasteiger partial charge on any atom is 0.203 e. The minimum Gasteiger partial charge on any atom is -0.440 e. The molecule has 1 atom stereocenters. The van der Waals surface area contributed by atoms with Crippen molar-refractivity contribution in [1.82, 2.24) is 4.98 Å². The molecule has 0 saturated heterocycles. The summed E-state index contributed by atoms with van der Waals surface area (Å²) in [5.74, 6) is 0.981. The summed E-state index contributed by atoms with van der Waals surface area (Å²) < 4.78 is 5.92. The van der Waals surface area contributed by atoms with Crippen molar-refractivity contribution in [1.29, 1.82) is 0 Å². The normalized spacial score (nSPS) is 17.8. The molecule has 3 aromatic rings. The minimum atomic E-state index is 0.207. The van der Waals surface area contributed by atoms with Crippen molar-refractivity contribution in [3.63, 3.8) is 0 Å². The van der Waals surface area contributed by atoms with Gasteiger partial charge in [-0.25, -0.2) is 4.98 Å². The standard InChI is InChI=1S/C16H13ClN2O/c17-10-5-6-15-14(9-10)19-16(20-15)12-7-8-18-13-4-2-1-3-11(12)13/h1-6,9,12,18H,7-8H2. The van der Waals surface area contributed by atoms with E-state index in [0.29, 0.717) is 5.02 Å². The highest BCUT2D eigenvalue weighted by molar-refractivity contribution is 6.31. The first-order valence-corrected chi connectivity index (χ1v) is 7.08. The number of fused-ring (bicyclic) bond motifs is 2. The van der Waals surface area contributed by atoms with E-state index in [1.165, 1.54) is 11.3 Å². The molecule has 0 saturated carbocycles. The van der Waals surface area contributed by atoms with Gasteiger partial charge in [0.15, 0.2) is 5.58 Å². The van der Waals surface area contributed by atoms with Gasteiger partial charge in [0, 0.05) is 17.3 Å². The Morgan fingerprint density at radius 2 is 2.10 bits per heavy atom. The van der Waals surface area contributed by atoms with E-state index in [1.54, 1.807) is 0 Å². The van der Waals surface area contributed by atoms with Crippen LogP contribution >= 0.6 is 11.6 Å². The number of aromatic nitrogens is 1. The molecule has 0 radical (unpaired) electrons. The van der Waals surface area contributed by atoms with E-state index in [-0.39, 0.29) is 5.92 Å². The highest BCUT2D eigenvalue weighted by Crippen LogP contribution is 2.37. The molecule has 1 unspecified atom stereocenters. The fraction of sp³-hybridized carbons (Fsp3) is 0.188. The summed E-state index contributed by atoms with van der Waals surface area (Å²) in [5.41, 5.74) is 4.03. The Bertz CT molecular complexity index is 781. The lowest BCUT2D eigenvalue weighted by Crippen LogP contribution is -2.17. The van der Waals surface area contributed by atoms with E-state index in [2.05, 4.69) is 28.5 Å². The third-order valence-electron chi connectivity index (χ3n) is 3.75. The average Bonchev–Trinajstić information content (AvgIpc) is 2.89. The topological polar surface area (TPSA) is 38.1 Å². The molecule has 3 nitrogen and oxygen atoms in total. The van der Waals surface area contributed by atoms with Crippen molar-refractivity contribution < 1.29 is 4.42 Å². The van der Waals surface area contributed by atoms with Crippen molar-refractivity contribution in [2.24, 2.45) is 0 Å². The van der Waals surface area contributed by atoms with Crippen LogP contribution in [0.15, 0.2) is 46.9 Å². The van der Waals surface area contributed by atoms with Gasteiger partial charge >= 0.3 is 0 Å². The summed E-state index contributed by atoms with van der Waals surface area (Å²) >= 11 is 6.00. The Kier molecular flexibility index (Phi) is 2.67. The monoisotopic (exact) mass is 284 g/mol. The van der Waals surface area contributed by atoms with Gasteiger partial charge in [0.05, 0.1) is 5.92 Å². The van der Waals surface area contributed by atoms with E-state index in [0.717, 1.165) is 30.0 Å². The Hall–Kier alpha value is -2.00. The molecule has 1 aliphatic heterocycles. The molecule has 1 aliphatic rings. The SMILES string of the molecule is Clc1ccc2oc(C3CCNc4ccccc43)nc2c1. The molecular formula is C16H13ClN2O. The summed E-state index contributed by atoms with van der Waals surface area (Å²) in [6.45, 7) is 0.932. The number of halogens is 1. The van der Waals surface area contributed by atoms with E-state index in [1.807, 2.05) is 24.3 Å². The van der Waals surface area contributed by atoms with Gasteiger partial charge in [-0.05, 0) is 36.2 Å². The molecular weight excluding hydrogens is 272 g/mol. The second-order valence-electron chi connectivity index (χ2n) is 5.02. The van der Waals surface area contributed by atoms with Crippen LogP contribution in [0.1, 0.15) is 23.8 Å². The van der Waals surface area contributed by atoms with Gasteiger partial charge in [-0.3, -0.25) is 0 Å².